The van der Waals surface area contributed by atoms with Gasteiger partial charge in [-0.15, -0.1) is 5.10 Å². The van der Waals surface area contributed by atoms with Crippen molar-refractivity contribution in [2.45, 2.75) is 46.6 Å². The zero-order valence-electron chi connectivity index (χ0n) is 21.8. The van der Waals surface area contributed by atoms with E-state index < -0.39 is 6.04 Å². The number of halogens is 1. The van der Waals surface area contributed by atoms with E-state index in [0.29, 0.717) is 42.1 Å². The van der Waals surface area contributed by atoms with Crippen molar-refractivity contribution in [1.29, 1.82) is 0 Å². The van der Waals surface area contributed by atoms with Crippen LogP contribution in [-0.4, -0.2) is 44.1 Å². The molecule has 0 saturated heterocycles. The van der Waals surface area contributed by atoms with Gasteiger partial charge in [-0.3, -0.25) is 4.79 Å². The highest BCUT2D eigenvalue weighted by Gasteiger charge is 2.35. The minimum absolute atomic E-state index is 0.112. The maximum atomic E-state index is 14.8. The van der Waals surface area contributed by atoms with Crippen molar-refractivity contribution >= 4 is 11.6 Å². The average molecular weight is 503 g/mol. The number of carbonyl (C=O) groups excluding carboxylic acids is 1. The van der Waals surface area contributed by atoms with Crippen molar-refractivity contribution in [3.8, 4) is 22.7 Å². The summed E-state index contributed by atoms with van der Waals surface area (Å²) in [5, 5.41) is 8.70. The van der Waals surface area contributed by atoms with Gasteiger partial charge in [0.25, 0.3) is 5.91 Å². The van der Waals surface area contributed by atoms with Gasteiger partial charge in [-0.25, -0.2) is 14.1 Å². The summed E-state index contributed by atoms with van der Waals surface area (Å²) in [7, 11) is 1.62. The van der Waals surface area contributed by atoms with Gasteiger partial charge < -0.3 is 14.2 Å². The van der Waals surface area contributed by atoms with E-state index in [1.807, 2.05) is 42.0 Å². The fourth-order valence-electron chi connectivity index (χ4n) is 4.80. The number of carbonyl (C=O) groups is 1. The Bertz CT molecular complexity index is 1450. The molecule has 1 atom stereocenters. The van der Waals surface area contributed by atoms with Gasteiger partial charge in [-0.05, 0) is 49.4 Å². The van der Waals surface area contributed by atoms with E-state index in [1.54, 1.807) is 35.3 Å². The third-order valence-corrected chi connectivity index (χ3v) is 6.53. The molecule has 9 heteroatoms. The van der Waals surface area contributed by atoms with Gasteiger partial charge in [-0.2, -0.15) is 0 Å². The molecule has 1 amide bonds. The molecule has 0 aliphatic carbocycles. The molecule has 1 unspecified atom stereocenters. The van der Waals surface area contributed by atoms with E-state index in [2.05, 4.69) is 36.1 Å². The summed E-state index contributed by atoms with van der Waals surface area (Å²) in [6.45, 7) is 8.59. The van der Waals surface area contributed by atoms with Crippen LogP contribution in [0.4, 0.5) is 10.1 Å². The normalized spacial score (nSPS) is 16.0. The summed E-state index contributed by atoms with van der Waals surface area (Å²) in [5.74, 6) is 0.265. The minimum atomic E-state index is -0.592. The molecule has 0 fully saturated rings. The second-order valence-electron chi connectivity index (χ2n) is 10.7. The second kappa shape index (κ2) is 9.46. The molecule has 8 nitrogen and oxygen atoms in total. The molecule has 4 aromatic rings. The smallest absolute Gasteiger partial charge is 0.251 e. The minimum Gasteiger partial charge on any atom is -0.495 e. The fraction of sp³-hybridized carbons (Fsp3) is 0.357. The number of hydrogen-bond donors (Lipinski definition) is 0. The molecule has 2 aromatic carbocycles. The average Bonchev–Trinajstić information content (AvgIpc) is 3.49. The number of methoxy groups -OCH3 is 1. The van der Waals surface area contributed by atoms with Crippen LogP contribution in [0.1, 0.15) is 44.5 Å². The second-order valence-corrected chi connectivity index (χ2v) is 10.7. The summed E-state index contributed by atoms with van der Waals surface area (Å²) in [6, 6.07) is 10.1. The molecule has 1 aliphatic rings. The molecular formula is C28H31FN6O2. The molecule has 0 bridgehead atoms. The quantitative estimate of drug-likeness (QED) is 0.377. The first-order chi connectivity index (χ1) is 17.6. The van der Waals surface area contributed by atoms with E-state index in [4.69, 9.17) is 4.74 Å². The molecule has 1 aliphatic heterocycles. The van der Waals surface area contributed by atoms with Crippen molar-refractivity contribution in [2.24, 2.45) is 5.41 Å². The van der Waals surface area contributed by atoms with Crippen LogP contribution < -0.4 is 9.64 Å². The first-order valence-electron chi connectivity index (χ1n) is 12.3. The first kappa shape index (κ1) is 24.7. The summed E-state index contributed by atoms with van der Waals surface area (Å²) in [5.41, 5.74) is 4.23. The number of anilines is 1. The van der Waals surface area contributed by atoms with Crippen LogP contribution >= 0.6 is 0 Å². The number of ether oxygens (including phenoxy) is 1. The van der Waals surface area contributed by atoms with Gasteiger partial charge in [0.1, 0.15) is 23.3 Å². The van der Waals surface area contributed by atoms with Crippen LogP contribution in [0.15, 0.2) is 55.1 Å². The molecular weight excluding hydrogens is 471 g/mol. The van der Waals surface area contributed by atoms with Crippen molar-refractivity contribution in [3.05, 3.63) is 72.2 Å². The van der Waals surface area contributed by atoms with Crippen molar-refractivity contribution < 1.29 is 13.9 Å². The number of benzene rings is 2. The van der Waals surface area contributed by atoms with Crippen LogP contribution in [-0.2, 0) is 11.2 Å². The number of aryl methyl sites for hydroxylation is 1. The Labute approximate surface area is 215 Å². The Hall–Kier alpha value is -4.01. The van der Waals surface area contributed by atoms with Crippen LogP contribution in [0.25, 0.3) is 16.9 Å². The number of rotatable bonds is 5. The topological polar surface area (TPSA) is 78.1 Å². The van der Waals surface area contributed by atoms with Gasteiger partial charge in [-0.1, -0.05) is 38.1 Å². The van der Waals surface area contributed by atoms with E-state index in [9.17, 15) is 9.18 Å². The number of aromatic nitrogens is 5. The number of amides is 1. The van der Waals surface area contributed by atoms with Crippen molar-refractivity contribution in [1.82, 2.24) is 24.5 Å². The molecule has 0 spiro atoms. The van der Waals surface area contributed by atoms with E-state index >= 15 is 0 Å². The lowest BCUT2D eigenvalue weighted by Gasteiger charge is -2.32. The van der Waals surface area contributed by atoms with Crippen LogP contribution in [0.2, 0.25) is 0 Å². The Morgan fingerprint density at radius 1 is 1.14 bits per heavy atom. The van der Waals surface area contributed by atoms with Gasteiger partial charge in [0, 0.05) is 29.6 Å². The Kier molecular flexibility index (Phi) is 6.31. The Balaban J connectivity index is 1.48. The number of fused-ring (bicyclic) bond motifs is 1. The lowest BCUT2D eigenvalue weighted by Crippen LogP contribution is -2.41. The van der Waals surface area contributed by atoms with Gasteiger partial charge in [0.05, 0.1) is 31.0 Å². The lowest BCUT2D eigenvalue weighted by molar-refractivity contribution is -0.122. The molecule has 37 heavy (non-hydrogen) atoms. The van der Waals surface area contributed by atoms with Crippen LogP contribution in [0, 0.1) is 18.2 Å². The maximum Gasteiger partial charge on any atom is 0.251 e. The molecule has 2 aromatic heterocycles. The first-order valence-corrected chi connectivity index (χ1v) is 12.3. The Morgan fingerprint density at radius 3 is 2.65 bits per heavy atom. The molecule has 0 radical (unpaired) electrons. The summed E-state index contributed by atoms with van der Waals surface area (Å²) < 4.78 is 23.9. The Morgan fingerprint density at radius 2 is 1.95 bits per heavy atom. The summed E-state index contributed by atoms with van der Waals surface area (Å²) in [6.07, 6.45) is 6.31. The fourth-order valence-corrected chi connectivity index (χ4v) is 4.80. The molecule has 0 N–H and O–H groups in total. The SMILES string of the molecule is COc1cc(-c2cn(C3CCc4c(F)cccc4N(CC(C)(C)C)C3=O)nn2)ccc1-n1cnc(C)c1. The zero-order valence-corrected chi connectivity index (χ0v) is 21.8. The van der Waals surface area contributed by atoms with Gasteiger partial charge in [0.2, 0.25) is 0 Å². The van der Waals surface area contributed by atoms with Crippen molar-refractivity contribution in [2.75, 3.05) is 18.6 Å². The highest BCUT2D eigenvalue weighted by molar-refractivity contribution is 5.97. The van der Waals surface area contributed by atoms with Crippen LogP contribution in [0.5, 0.6) is 5.75 Å². The van der Waals surface area contributed by atoms with Gasteiger partial charge in [0.15, 0.2) is 0 Å². The summed E-state index contributed by atoms with van der Waals surface area (Å²) in [4.78, 5) is 19.8. The monoisotopic (exact) mass is 502 g/mol. The predicted octanol–water partition coefficient (Wildman–Crippen LogP) is 5.15. The van der Waals surface area contributed by atoms with E-state index in [1.165, 1.54) is 6.07 Å². The molecule has 192 valence electrons. The third-order valence-electron chi connectivity index (χ3n) is 6.53. The lowest BCUT2D eigenvalue weighted by atomic mass is 9.95. The number of hydrogen-bond acceptors (Lipinski definition) is 5. The largest absolute Gasteiger partial charge is 0.495 e. The number of nitrogens with zero attached hydrogens (tertiary/aromatic N) is 6. The predicted molar refractivity (Wildman–Crippen MR) is 139 cm³/mol. The zero-order chi connectivity index (χ0) is 26.3. The van der Waals surface area contributed by atoms with Crippen molar-refractivity contribution in [3.63, 3.8) is 0 Å². The summed E-state index contributed by atoms with van der Waals surface area (Å²) >= 11 is 0. The van der Waals surface area contributed by atoms with Crippen LogP contribution in [0.3, 0.4) is 0 Å². The molecule has 0 saturated carbocycles. The highest BCUT2D eigenvalue weighted by Crippen LogP contribution is 2.36. The van der Waals surface area contributed by atoms with E-state index in [0.717, 1.165) is 16.9 Å². The number of imidazole rings is 1. The maximum absolute atomic E-state index is 14.8. The third kappa shape index (κ3) is 4.85. The molecule has 5 rings (SSSR count). The molecule has 3 heterocycles. The highest BCUT2D eigenvalue weighted by atomic mass is 19.1. The van der Waals surface area contributed by atoms with Gasteiger partial charge >= 0.3 is 0 Å². The standard InChI is InChI=1S/C28H31FN6O2/c1-18-14-33(17-30-18)24-11-9-19(13-26(24)37-5)22-15-35(32-31-22)25-12-10-20-21(29)7-6-8-23(20)34(27(25)36)16-28(2,3)4/h6-9,11,13-15,17,25H,10,12,16H2,1-5H3. The van der Waals surface area contributed by atoms with E-state index in [-0.39, 0.29) is 17.1 Å².